The molecule has 0 saturated carbocycles. The number of carbonyl (C=O) groups is 1. The van der Waals surface area contributed by atoms with E-state index in [1.54, 1.807) is 11.0 Å². The first kappa shape index (κ1) is 24.5. The number of nitrogens with zero attached hydrogens (tertiary/aromatic N) is 5. The zero-order chi connectivity index (χ0) is 25.1. The van der Waals surface area contributed by atoms with Crippen molar-refractivity contribution in [2.45, 2.75) is 26.2 Å². The number of aryl methyl sites for hydroxylation is 1. The van der Waals surface area contributed by atoms with Crippen molar-refractivity contribution in [3.63, 3.8) is 0 Å². The molecule has 3 aromatic rings. The van der Waals surface area contributed by atoms with Crippen molar-refractivity contribution in [1.82, 2.24) is 25.1 Å². The SMILES string of the molecule is Cc1cc(Nc2cc(CC3CCN(C(=O)c4cccc(Cl)c4F)CC3)nc(N3CCOCC3)n2)n[nH]1. The van der Waals surface area contributed by atoms with Crippen molar-refractivity contribution in [3.05, 3.63) is 58.1 Å². The molecule has 2 saturated heterocycles. The quantitative estimate of drug-likeness (QED) is 0.514. The van der Waals surface area contributed by atoms with Crippen LogP contribution >= 0.6 is 11.6 Å². The lowest BCUT2D eigenvalue weighted by Crippen LogP contribution is -2.39. The predicted molar refractivity (Wildman–Crippen MR) is 135 cm³/mol. The van der Waals surface area contributed by atoms with Crippen molar-refractivity contribution in [3.8, 4) is 0 Å². The van der Waals surface area contributed by atoms with Gasteiger partial charge < -0.3 is 19.9 Å². The van der Waals surface area contributed by atoms with Crippen LogP contribution in [0.25, 0.3) is 0 Å². The predicted octanol–water partition coefficient (Wildman–Crippen LogP) is 3.98. The highest BCUT2D eigenvalue weighted by Crippen LogP contribution is 2.27. The zero-order valence-corrected chi connectivity index (χ0v) is 20.9. The Balaban J connectivity index is 1.28. The summed E-state index contributed by atoms with van der Waals surface area (Å²) in [4.78, 5) is 26.3. The summed E-state index contributed by atoms with van der Waals surface area (Å²) < 4.78 is 19.8. The number of aromatic nitrogens is 4. The molecule has 2 N–H and O–H groups in total. The molecular formula is C25H29ClFN7O2. The van der Waals surface area contributed by atoms with E-state index in [-0.39, 0.29) is 16.5 Å². The van der Waals surface area contributed by atoms with E-state index in [1.807, 2.05) is 19.1 Å². The van der Waals surface area contributed by atoms with E-state index in [0.29, 0.717) is 49.8 Å². The van der Waals surface area contributed by atoms with Gasteiger partial charge in [-0.3, -0.25) is 9.89 Å². The second kappa shape index (κ2) is 10.8. The Morgan fingerprint density at radius 3 is 2.67 bits per heavy atom. The smallest absolute Gasteiger partial charge is 0.256 e. The van der Waals surface area contributed by atoms with E-state index in [9.17, 15) is 9.18 Å². The van der Waals surface area contributed by atoms with Crippen LogP contribution in [0.5, 0.6) is 0 Å². The van der Waals surface area contributed by atoms with Gasteiger partial charge >= 0.3 is 0 Å². The van der Waals surface area contributed by atoms with Crippen LogP contribution in [-0.4, -0.2) is 70.4 Å². The van der Waals surface area contributed by atoms with Crippen molar-refractivity contribution < 1.29 is 13.9 Å². The fraction of sp³-hybridized carbons (Fsp3) is 0.440. The van der Waals surface area contributed by atoms with Gasteiger partial charge in [0, 0.05) is 49.7 Å². The Morgan fingerprint density at radius 1 is 1.17 bits per heavy atom. The monoisotopic (exact) mass is 513 g/mol. The minimum absolute atomic E-state index is 0.0243. The highest BCUT2D eigenvalue weighted by molar-refractivity contribution is 6.31. The number of nitrogens with one attached hydrogen (secondary N) is 2. The van der Waals surface area contributed by atoms with Crippen LogP contribution in [-0.2, 0) is 11.2 Å². The van der Waals surface area contributed by atoms with Crippen LogP contribution in [0.3, 0.4) is 0 Å². The van der Waals surface area contributed by atoms with Crippen LogP contribution in [0.4, 0.5) is 22.0 Å². The molecule has 0 bridgehead atoms. The third-order valence-electron chi connectivity index (χ3n) is 6.60. The number of carbonyl (C=O) groups excluding carboxylic acids is 1. The molecule has 190 valence electrons. The molecule has 5 rings (SSSR count). The number of anilines is 3. The largest absolute Gasteiger partial charge is 0.378 e. The molecule has 36 heavy (non-hydrogen) atoms. The van der Waals surface area contributed by atoms with Crippen molar-refractivity contribution in [2.75, 3.05) is 49.6 Å². The topological polar surface area (TPSA) is 99.3 Å². The standard InChI is InChI=1S/C25H29ClFN7O2/c1-16-13-22(32-31-16)29-21-15-18(28-25(30-21)34-9-11-36-12-10-34)14-17-5-7-33(8-6-17)24(35)19-3-2-4-20(26)23(19)27/h2-4,13,15,17H,5-12,14H2,1H3,(H2,28,29,30,31,32). The Kier molecular flexibility index (Phi) is 7.33. The Bertz CT molecular complexity index is 1220. The second-order valence-electron chi connectivity index (χ2n) is 9.25. The summed E-state index contributed by atoms with van der Waals surface area (Å²) in [7, 11) is 0. The Hall–Kier alpha value is -3.24. The lowest BCUT2D eigenvalue weighted by Gasteiger charge is -2.32. The summed E-state index contributed by atoms with van der Waals surface area (Å²) in [5.74, 6) is 1.45. The first-order valence-corrected chi connectivity index (χ1v) is 12.6. The number of amides is 1. The zero-order valence-electron chi connectivity index (χ0n) is 20.1. The Labute approximate surface area is 214 Å². The third-order valence-corrected chi connectivity index (χ3v) is 6.90. The number of piperidine rings is 1. The van der Waals surface area contributed by atoms with Gasteiger partial charge in [-0.1, -0.05) is 17.7 Å². The third kappa shape index (κ3) is 5.60. The molecule has 11 heteroatoms. The van der Waals surface area contributed by atoms with E-state index in [0.717, 1.165) is 43.7 Å². The van der Waals surface area contributed by atoms with Gasteiger partial charge in [-0.05, 0) is 44.2 Å². The molecule has 2 fully saturated rings. The number of likely N-dealkylation sites (tertiary alicyclic amines) is 1. The summed E-state index contributed by atoms with van der Waals surface area (Å²) in [6.45, 7) is 5.85. The number of hydrogen-bond donors (Lipinski definition) is 2. The number of aromatic amines is 1. The summed E-state index contributed by atoms with van der Waals surface area (Å²) in [6.07, 6.45) is 2.39. The highest BCUT2D eigenvalue weighted by atomic mass is 35.5. The second-order valence-corrected chi connectivity index (χ2v) is 9.65. The van der Waals surface area contributed by atoms with Gasteiger partial charge in [0.1, 0.15) is 5.82 Å². The maximum absolute atomic E-state index is 14.3. The average molecular weight is 514 g/mol. The molecule has 2 aliphatic rings. The summed E-state index contributed by atoms with van der Waals surface area (Å²) in [6, 6.07) is 8.42. The molecule has 2 aromatic heterocycles. The molecule has 0 spiro atoms. The van der Waals surface area contributed by atoms with Gasteiger partial charge in [-0.2, -0.15) is 10.1 Å². The fourth-order valence-electron chi connectivity index (χ4n) is 4.65. The van der Waals surface area contributed by atoms with Gasteiger partial charge in [0.15, 0.2) is 11.6 Å². The van der Waals surface area contributed by atoms with E-state index in [4.69, 9.17) is 26.3 Å². The summed E-state index contributed by atoms with van der Waals surface area (Å²) >= 11 is 5.87. The number of hydrogen-bond acceptors (Lipinski definition) is 7. The first-order chi connectivity index (χ1) is 17.5. The number of rotatable bonds is 6. The average Bonchev–Trinajstić information content (AvgIpc) is 3.30. The highest BCUT2D eigenvalue weighted by Gasteiger charge is 2.27. The number of H-pyrrole nitrogens is 1. The molecule has 0 radical (unpaired) electrons. The number of ether oxygens (including phenoxy) is 1. The summed E-state index contributed by atoms with van der Waals surface area (Å²) in [5.41, 5.74) is 1.92. The van der Waals surface area contributed by atoms with Gasteiger partial charge in [0.25, 0.3) is 5.91 Å². The van der Waals surface area contributed by atoms with Crippen molar-refractivity contribution >= 4 is 35.1 Å². The number of halogens is 2. The van der Waals surface area contributed by atoms with Crippen molar-refractivity contribution in [2.24, 2.45) is 5.92 Å². The molecule has 2 aliphatic heterocycles. The maximum atomic E-state index is 14.3. The fourth-order valence-corrected chi connectivity index (χ4v) is 4.82. The summed E-state index contributed by atoms with van der Waals surface area (Å²) in [5, 5.41) is 10.4. The normalized spacial score (nSPS) is 16.9. The van der Waals surface area contributed by atoms with E-state index < -0.39 is 5.82 Å². The molecule has 9 nitrogen and oxygen atoms in total. The molecule has 1 aromatic carbocycles. The van der Waals surface area contributed by atoms with Gasteiger partial charge in [0.05, 0.1) is 23.8 Å². The lowest BCUT2D eigenvalue weighted by molar-refractivity contribution is 0.0685. The van der Waals surface area contributed by atoms with Gasteiger partial charge in [-0.15, -0.1) is 0 Å². The maximum Gasteiger partial charge on any atom is 0.256 e. The van der Waals surface area contributed by atoms with E-state index >= 15 is 0 Å². The molecule has 4 heterocycles. The molecule has 0 atom stereocenters. The van der Waals surface area contributed by atoms with Crippen LogP contribution in [0.15, 0.2) is 30.3 Å². The number of morpholine rings is 1. The molecule has 0 unspecified atom stereocenters. The van der Waals surface area contributed by atoms with Crippen LogP contribution < -0.4 is 10.2 Å². The van der Waals surface area contributed by atoms with E-state index in [2.05, 4.69) is 20.4 Å². The minimum atomic E-state index is -0.657. The molecule has 0 aliphatic carbocycles. The molecule has 1 amide bonds. The van der Waals surface area contributed by atoms with Gasteiger partial charge in [0.2, 0.25) is 5.95 Å². The van der Waals surface area contributed by atoms with Crippen molar-refractivity contribution in [1.29, 1.82) is 0 Å². The van der Waals surface area contributed by atoms with Crippen LogP contribution in [0.2, 0.25) is 5.02 Å². The van der Waals surface area contributed by atoms with Crippen LogP contribution in [0.1, 0.15) is 34.6 Å². The number of benzene rings is 1. The molecular weight excluding hydrogens is 485 g/mol. The van der Waals surface area contributed by atoms with Crippen LogP contribution in [0, 0.1) is 18.7 Å². The van der Waals surface area contributed by atoms with Gasteiger partial charge in [-0.25, -0.2) is 9.37 Å². The minimum Gasteiger partial charge on any atom is -0.378 e. The lowest BCUT2D eigenvalue weighted by atomic mass is 9.91. The van der Waals surface area contributed by atoms with E-state index in [1.165, 1.54) is 12.1 Å². The first-order valence-electron chi connectivity index (χ1n) is 12.2. The Morgan fingerprint density at radius 2 is 1.94 bits per heavy atom.